The van der Waals surface area contributed by atoms with E-state index in [0.29, 0.717) is 17.2 Å². The molecule has 27 heavy (non-hydrogen) atoms. The summed E-state index contributed by atoms with van der Waals surface area (Å²) in [5.74, 6) is 3.70. The minimum atomic E-state index is 0.436. The lowest BCUT2D eigenvalue weighted by atomic mass is 9.53. The topological polar surface area (TPSA) is 35.5 Å². The fourth-order valence-electron chi connectivity index (χ4n) is 7.09. The van der Waals surface area contributed by atoms with Gasteiger partial charge in [-0.1, -0.05) is 13.0 Å². The number of aryl methyl sites for hydroxylation is 1. The van der Waals surface area contributed by atoms with Crippen molar-refractivity contribution in [1.82, 2.24) is 10.2 Å². The Morgan fingerprint density at radius 1 is 1.22 bits per heavy atom. The van der Waals surface area contributed by atoms with E-state index < -0.39 is 0 Å². The summed E-state index contributed by atoms with van der Waals surface area (Å²) < 4.78 is 0. The second-order valence-electron chi connectivity index (χ2n) is 10.1. The third-order valence-electron chi connectivity index (χ3n) is 8.41. The summed E-state index contributed by atoms with van der Waals surface area (Å²) in [6.45, 7) is 7.25. The zero-order valence-electron chi connectivity index (χ0n) is 17.7. The molecule has 4 rings (SSSR count). The first kappa shape index (κ1) is 19.3. The van der Waals surface area contributed by atoms with Crippen LogP contribution in [0.4, 0.5) is 0 Å². The van der Waals surface area contributed by atoms with Gasteiger partial charge in [-0.15, -0.1) is 0 Å². The van der Waals surface area contributed by atoms with Crippen molar-refractivity contribution in [1.29, 1.82) is 0 Å². The number of nitrogens with zero attached hydrogens (tertiary/aromatic N) is 1. The summed E-state index contributed by atoms with van der Waals surface area (Å²) in [6, 6.07) is 6.77. The molecule has 0 spiro atoms. The number of fused-ring (bicyclic) bond motifs is 5. The van der Waals surface area contributed by atoms with Crippen LogP contribution in [0.5, 0.6) is 5.75 Å². The van der Waals surface area contributed by atoms with Crippen LogP contribution >= 0.6 is 0 Å². The Labute approximate surface area is 165 Å². The smallest absolute Gasteiger partial charge is 0.115 e. The first-order valence-electron chi connectivity index (χ1n) is 11.1. The number of hydrogen-bond acceptors (Lipinski definition) is 3. The number of nitrogens with one attached hydrogen (secondary N) is 1. The van der Waals surface area contributed by atoms with Crippen LogP contribution in [-0.4, -0.2) is 43.2 Å². The molecule has 1 aromatic carbocycles. The highest BCUT2D eigenvalue weighted by molar-refractivity contribution is 5.40. The average molecular weight is 371 g/mol. The first-order valence-corrected chi connectivity index (χ1v) is 11.1. The molecule has 2 fully saturated rings. The normalized spacial score (nSPS) is 36.2. The molecule has 150 valence electrons. The Balaban J connectivity index is 1.49. The molecular formula is C24H38N2O. The molecule has 2 N–H and O–H groups in total. The maximum atomic E-state index is 9.87. The van der Waals surface area contributed by atoms with Crippen LogP contribution in [0.3, 0.4) is 0 Å². The molecule has 0 bridgehead atoms. The molecule has 6 atom stereocenters. The van der Waals surface area contributed by atoms with Crippen LogP contribution in [-0.2, 0) is 6.42 Å². The molecule has 0 unspecified atom stereocenters. The van der Waals surface area contributed by atoms with Gasteiger partial charge in [-0.05, 0) is 112 Å². The van der Waals surface area contributed by atoms with Gasteiger partial charge >= 0.3 is 0 Å². The Kier molecular flexibility index (Phi) is 5.28. The van der Waals surface area contributed by atoms with Crippen LogP contribution in [0, 0.1) is 23.2 Å². The quantitative estimate of drug-likeness (QED) is 0.806. The number of likely N-dealkylation sites (N-methyl/N-ethyl adjacent to an activating group) is 1. The molecular weight excluding hydrogens is 332 g/mol. The molecule has 0 radical (unpaired) electrons. The summed E-state index contributed by atoms with van der Waals surface area (Å²) in [4.78, 5) is 2.27. The zero-order chi connectivity index (χ0) is 19.2. The van der Waals surface area contributed by atoms with Crippen molar-refractivity contribution >= 4 is 0 Å². The number of rotatable bonds is 5. The summed E-state index contributed by atoms with van der Waals surface area (Å²) in [7, 11) is 4.31. The van der Waals surface area contributed by atoms with Crippen molar-refractivity contribution in [2.75, 3.05) is 27.2 Å². The van der Waals surface area contributed by atoms with Gasteiger partial charge in [0.1, 0.15) is 5.75 Å². The summed E-state index contributed by atoms with van der Waals surface area (Å²) in [6.07, 6.45) is 7.97. The Hall–Kier alpha value is -1.06. The number of phenols is 1. The van der Waals surface area contributed by atoms with Gasteiger partial charge in [0.25, 0.3) is 0 Å². The van der Waals surface area contributed by atoms with E-state index in [1.807, 2.05) is 12.1 Å². The predicted octanol–water partition coefficient (Wildman–Crippen LogP) is 4.40. The van der Waals surface area contributed by atoms with E-state index >= 15 is 0 Å². The average Bonchev–Trinajstić information content (AvgIpc) is 2.98. The molecule has 1 aromatic rings. The lowest BCUT2D eigenvalue weighted by molar-refractivity contribution is 0.0181. The van der Waals surface area contributed by atoms with Crippen molar-refractivity contribution in [3.63, 3.8) is 0 Å². The molecule has 2 saturated carbocycles. The molecule has 0 aromatic heterocycles. The van der Waals surface area contributed by atoms with Gasteiger partial charge in [-0.3, -0.25) is 0 Å². The van der Waals surface area contributed by atoms with E-state index in [1.165, 1.54) is 37.7 Å². The molecule has 0 saturated heterocycles. The maximum absolute atomic E-state index is 9.87. The van der Waals surface area contributed by atoms with Crippen LogP contribution in [0.2, 0.25) is 0 Å². The second-order valence-corrected chi connectivity index (χ2v) is 10.1. The van der Waals surface area contributed by atoms with Crippen molar-refractivity contribution in [2.45, 2.75) is 64.3 Å². The van der Waals surface area contributed by atoms with Crippen LogP contribution in [0.15, 0.2) is 18.2 Å². The van der Waals surface area contributed by atoms with E-state index in [4.69, 9.17) is 0 Å². The Morgan fingerprint density at radius 3 is 2.81 bits per heavy atom. The zero-order valence-corrected chi connectivity index (χ0v) is 17.7. The fourth-order valence-corrected chi connectivity index (χ4v) is 7.09. The minimum Gasteiger partial charge on any atom is -0.508 e. The number of benzene rings is 1. The monoisotopic (exact) mass is 370 g/mol. The second kappa shape index (κ2) is 7.40. The van der Waals surface area contributed by atoms with Crippen LogP contribution in [0.1, 0.15) is 63.0 Å². The molecule has 3 aliphatic carbocycles. The number of aromatic hydroxyl groups is 1. The minimum absolute atomic E-state index is 0.436. The van der Waals surface area contributed by atoms with Gasteiger partial charge in [0, 0.05) is 19.1 Å². The van der Waals surface area contributed by atoms with Crippen LogP contribution in [0.25, 0.3) is 0 Å². The highest BCUT2D eigenvalue weighted by Crippen LogP contribution is 2.63. The molecule has 0 aliphatic heterocycles. The van der Waals surface area contributed by atoms with Gasteiger partial charge < -0.3 is 15.3 Å². The van der Waals surface area contributed by atoms with Gasteiger partial charge in [0.15, 0.2) is 0 Å². The molecule has 3 heteroatoms. The number of hydrogen-bond donors (Lipinski definition) is 2. The van der Waals surface area contributed by atoms with Gasteiger partial charge in [-0.25, -0.2) is 0 Å². The van der Waals surface area contributed by atoms with E-state index in [2.05, 4.69) is 44.2 Å². The largest absolute Gasteiger partial charge is 0.508 e. The molecule has 0 amide bonds. The molecule has 3 aliphatic rings. The van der Waals surface area contributed by atoms with E-state index in [1.54, 1.807) is 5.56 Å². The van der Waals surface area contributed by atoms with Crippen molar-refractivity contribution in [3.8, 4) is 5.75 Å². The lowest BCUT2D eigenvalue weighted by Crippen LogP contribution is -2.48. The lowest BCUT2D eigenvalue weighted by Gasteiger charge is -2.52. The van der Waals surface area contributed by atoms with Gasteiger partial charge in [0.2, 0.25) is 0 Å². The fraction of sp³-hybridized carbons (Fsp3) is 0.750. The predicted molar refractivity (Wildman–Crippen MR) is 112 cm³/mol. The number of phenolic OH excluding ortho intramolecular Hbond substituents is 1. The highest BCUT2D eigenvalue weighted by Gasteiger charge is 2.55. The van der Waals surface area contributed by atoms with Crippen molar-refractivity contribution < 1.29 is 5.11 Å². The summed E-state index contributed by atoms with van der Waals surface area (Å²) in [5, 5.41) is 13.7. The van der Waals surface area contributed by atoms with Gasteiger partial charge in [0.05, 0.1) is 0 Å². The molecule has 3 nitrogen and oxygen atoms in total. The molecule has 0 heterocycles. The van der Waals surface area contributed by atoms with E-state index in [-0.39, 0.29) is 0 Å². The van der Waals surface area contributed by atoms with E-state index in [0.717, 1.165) is 43.2 Å². The maximum Gasteiger partial charge on any atom is 0.115 e. The third kappa shape index (κ3) is 3.42. The standard InChI is InChI=1S/C24H38N2O/c1-16(25-13-14-26(3)4)22-9-10-23-21-7-5-17-15-18(27)6-8-19(17)20(21)11-12-24(22,23)2/h6,8,15-16,20-23,25,27H,5,7,9-14H2,1-4H3/t16-,20-,21-,22+,23+,24+/m0/s1. The SMILES string of the molecule is C[C@H](NCCN(C)C)[C@H]1CC[C@@H]2[C@H]3CCc4cc(O)ccc4[C@@H]3CC[C@@]21C. The third-order valence-corrected chi connectivity index (χ3v) is 8.41. The first-order chi connectivity index (χ1) is 12.9. The van der Waals surface area contributed by atoms with Gasteiger partial charge in [-0.2, -0.15) is 0 Å². The summed E-state index contributed by atoms with van der Waals surface area (Å²) >= 11 is 0. The van der Waals surface area contributed by atoms with Crippen molar-refractivity contribution in [2.24, 2.45) is 23.2 Å². The van der Waals surface area contributed by atoms with Crippen LogP contribution < -0.4 is 5.32 Å². The Bertz CT molecular complexity index is 672. The summed E-state index contributed by atoms with van der Waals surface area (Å²) in [5.41, 5.74) is 3.46. The highest BCUT2D eigenvalue weighted by atomic mass is 16.3. The van der Waals surface area contributed by atoms with E-state index in [9.17, 15) is 5.11 Å². The van der Waals surface area contributed by atoms with Crippen molar-refractivity contribution in [3.05, 3.63) is 29.3 Å². The Morgan fingerprint density at radius 2 is 2.04 bits per heavy atom.